The van der Waals surface area contributed by atoms with Crippen molar-refractivity contribution in [2.24, 2.45) is 0 Å². The van der Waals surface area contributed by atoms with E-state index in [1.54, 1.807) is 30.3 Å². The SMILES string of the molecule is Cc1ccc(C(O)O)c(Nc2ccccc2[N+](=O)[O-])c1C. The van der Waals surface area contributed by atoms with E-state index in [0.717, 1.165) is 11.1 Å². The molecular weight excluding hydrogens is 272 g/mol. The summed E-state index contributed by atoms with van der Waals surface area (Å²) >= 11 is 0. The van der Waals surface area contributed by atoms with E-state index in [0.29, 0.717) is 11.4 Å². The van der Waals surface area contributed by atoms with Crippen LogP contribution in [0.15, 0.2) is 36.4 Å². The zero-order valence-corrected chi connectivity index (χ0v) is 11.7. The van der Waals surface area contributed by atoms with Crippen LogP contribution in [0.3, 0.4) is 0 Å². The number of aliphatic hydroxyl groups is 2. The highest BCUT2D eigenvalue weighted by Gasteiger charge is 2.18. The minimum atomic E-state index is -1.66. The Morgan fingerprint density at radius 1 is 1.14 bits per heavy atom. The number of para-hydroxylation sites is 2. The zero-order chi connectivity index (χ0) is 15.6. The standard InChI is InChI=1S/C15H16N2O4/c1-9-7-8-11(15(18)19)14(10(9)2)16-12-5-3-4-6-13(12)17(20)21/h3-8,15-16,18-19H,1-2H3. The second-order valence-electron chi connectivity index (χ2n) is 4.74. The van der Waals surface area contributed by atoms with Gasteiger partial charge >= 0.3 is 0 Å². The van der Waals surface area contributed by atoms with Crippen molar-refractivity contribution in [3.63, 3.8) is 0 Å². The van der Waals surface area contributed by atoms with Crippen LogP contribution in [0.2, 0.25) is 0 Å². The van der Waals surface area contributed by atoms with Crippen LogP contribution < -0.4 is 5.32 Å². The lowest BCUT2D eigenvalue weighted by molar-refractivity contribution is -0.383. The van der Waals surface area contributed by atoms with Crippen molar-refractivity contribution >= 4 is 17.1 Å². The highest BCUT2D eigenvalue weighted by atomic mass is 16.6. The first kappa shape index (κ1) is 15.0. The van der Waals surface area contributed by atoms with Crippen molar-refractivity contribution in [3.05, 3.63) is 63.2 Å². The van der Waals surface area contributed by atoms with Crippen LogP contribution in [-0.4, -0.2) is 15.1 Å². The Kier molecular flexibility index (Phi) is 4.21. The van der Waals surface area contributed by atoms with Gasteiger partial charge in [0, 0.05) is 11.6 Å². The Balaban J connectivity index is 2.54. The van der Waals surface area contributed by atoms with Crippen LogP contribution in [0.5, 0.6) is 0 Å². The first-order valence-electron chi connectivity index (χ1n) is 6.38. The van der Waals surface area contributed by atoms with Gasteiger partial charge in [0.15, 0.2) is 6.29 Å². The lowest BCUT2D eigenvalue weighted by Crippen LogP contribution is -2.06. The normalized spacial score (nSPS) is 10.7. The molecule has 0 heterocycles. The topological polar surface area (TPSA) is 95.6 Å². The number of nitro groups is 1. The van der Waals surface area contributed by atoms with Gasteiger partial charge in [0.2, 0.25) is 0 Å². The van der Waals surface area contributed by atoms with Crippen molar-refractivity contribution in [1.82, 2.24) is 0 Å². The number of aliphatic hydroxyl groups excluding tert-OH is 1. The number of hydrogen-bond acceptors (Lipinski definition) is 5. The molecule has 0 aliphatic carbocycles. The van der Waals surface area contributed by atoms with Gasteiger partial charge in [-0.2, -0.15) is 0 Å². The van der Waals surface area contributed by atoms with Gasteiger partial charge in [0.25, 0.3) is 5.69 Å². The minimum Gasteiger partial charge on any atom is -0.364 e. The Morgan fingerprint density at radius 2 is 1.81 bits per heavy atom. The third-order valence-corrected chi connectivity index (χ3v) is 3.41. The molecule has 2 aromatic carbocycles. The molecule has 0 saturated carbocycles. The van der Waals surface area contributed by atoms with E-state index in [9.17, 15) is 20.3 Å². The fraction of sp³-hybridized carbons (Fsp3) is 0.200. The van der Waals surface area contributed by atoms with Gasteiger partial charge in [-0.3, -0.25) is 10.1 Å². The summed E-state index contributed by atoms with van der Waals surface area (Å²) in [4.78, 5) is 10.6. The highest BCUT2D eigenvalue weighted by molar-refractivity contribution is 5.74. The van der Waals surface area contributed by atoms with Gasteiger partial charge in [0.05, 0.1) is 10.6 Å². The molecule has 2 aromatic rings. The van der Waals surface area contributed by atoms with Gasteiger partial charge in [-0.25, -0.2) is 0 Å². The maximum absolute atomic E-state index is 11.0. The van der Waals surface area contributed by atoms with Crippen LogP contribution >= 0.6 is 0 Å². The molecule has 0 amide bonds. The number of nitro benzene ring substituents is 1. The van der Waals surface area contributed by atoms with Gasteiger partial charge in [-0.1, -0.05) is 24.3 Å². The molecule has 0 spiro atoms. The minimum absolute atomic E-state index is 0.0724. The first-order chi connectivity index (χ1) is 9.91. The molecule has 6 nitrogen and oxygen atoms in total. The Labute approximate surface area is 121 Å². The van der Waals surface area contributed by atoms with E-state index in [4.69, 9.17) is 0 Å². The van der Waals surface area contributed by atoms with Gasteiger partial charge in [-0.15, -0.1) is 0 Å². The third kappa shape index (κ3) is 3.01. The molecule has 0 unspecified atom stereocenters. The predicted octanol–water partition coefficient (Wildman–Crippen LogP) is 2.94. The molecule has 0 radical (unpaired) electrons. The zero-order valence-electron chi connectivity index (χ0n) is 11.7. The van der Waals surface area contributed by atoms with E-state index in [1.807, 2.05) is 13.8 Å². The average Bonchev–Trinajstić information content (AvgIpc) is 2.44. The molecule has 0 bridgehead atoms. The molecule has 0 fully saturated rings. The molecule has 3 N–H and O–H groups in total. The van der Waals surface area contributed by atoms with Crippen molar-refractivity contribution in [1.29, 1.82) is 0 Å². The van der Waals surface area contributed by atoms with Gasteiger partial charge < -0.3 is 15.5 Å². The number of hydrogen-bond donors (Lipinski definition) is 3. The maximum Gasteiger partial charge on any atom is 0.292 e. The Morgan fingerprint density at radius 3 is 2.43 bits per heavy atom. The van der Waals surface area contributed by atoms with E-state index in [-0.39, 0.29) is 11.3 Å². The van der Waals surface area contributed by atoms with Crippen molar-refractivity contribution in [2.45, 2.75) is 20.1 Å². The van der Waals surface area contributed by atoms with Gasteiger partial charge in [-0.05, 0) is 31.0 Å². The van der Waals surface area contributed by atoms with Crippen LogP contribution in [0.25, 0.3) is 0 Å². The fourth-order valence-corrected chi connectivity index (χ4v) is 2.09. The molecule has 110 valence electrons. The third-order valence-electron chi connectivity index (χ3n) is 3.41. The maximum atomic E-state index is 11.0. The number of nitrogens with one attached hydrogen (secondary N) is 1. The van der Waals surface area contributed by atoms with E-state index in [2.05, 4.69) is 5.32 Å². The first-order valence-corrected chi connectivity index (χ1v) is 6.38. The molecule has 0 aromatic heterocycles. The Hall–Kier alpha value is -2.44. The van der Waals surface area contributed by atoms with Crippen LogP contribution in [0.1, 0.15) is 23.0 Å². The second-order valence-corrected chi connectivity index (χ2v) is 4.74. The average molecular weight is 288 g/mol. The molecule has 0 aliphatic heterocycles. The molecule has 0 atom stereocenters. The quantitative estimate of drug-likeness (QED) is 0.456. The predicted molar refractivity (Wildman–Crippen MR) is 79.5 cm³/mol. The Bertz CT molecular complexity index is 683. The summed E-state index contributed by atoms with van der Waals surface area (Å²) < 4.78 is 0. The summed E-state index contributed by atoms with van der Waals surface area (Å²) in [6.07, 6.45) is -1.66. The summed E-state index contributed by atoms with van der Waals surface area (Å²) in [5.74, 6) is 0. The summed E-state index contributed by atoms with van der Waals surface area (Å²) in [5.41, 5.74) is 2.73. The number of aryl methyl sites for hydroxylation is 1. The molecule has 21 heavy (non-hydrogen) atoms. The summed E-state index contributed by atoms with van der Waals surface area (Å²) in [5, 5.41) is 32.9. The van der Waals surface area contributed by atoms with Crippen molar-refractivity contribution in [3.8, 4) is 0 Å². The summed E-state index contributed by atoms with van der Waals surface area (Å²) in [6.45, 7) is 3.70. The largest absolute Gasteiger partial charge is 0.364 e. The van der Waals surface area contributed by atoms with E-state index >= 15 is 0 Å². The lowest BCUT2D eigenvalue weighted by atomic mass is 10.0. The molecule has 6 heteroatoms. The monoisotopic (exact) mass is 288 g/mol. The number of anilines is 2. The number of benzene rings is 2. The second kappa shape index (κ2) is 5.90. The van der Waals surface area contributed by atoms with Crippen molar-refractivity contribution in [2.75, 3.05) is 5.32 Å². The summed E-state index contributed by atoms with van der Waals surface area (Å²) in [7, 11) is 0. The lowest BCUT2D eigenvalue weighted by Gasteiger charge is -2.17. The van der Waals surface area contributed by atoms with E-state index in [1.165, 1.54) is 6.07 Å². The molecular formula is C15H16N2O4. The van der Waals surface area contributed by atoms with Crippen LogP contribution in [-0.2, 0) is 0 Å². The molecule has 0 aliphatic rings. The van der Waals surface area contributed by atoms with E-state index < -0.39 is 11.2 Å². The molecule has 0 saturated heterocycles. The smallest absolute Gasteiger partial charge is 0.292 e. The number of rotatable bonds is 4. The molecule has 2 rings (SSSR count). The van der Waals surface area contributed by atoms with Gasteiger partial charge in [0.1, 0.15) is 5.69 Å². The summed E-state index contributed by atoms with van der Waals surface area (Å²) in [6, 6.07) is 9.58. The fourth-order valence-electron chi connectivity index (χ4n) is 2.09. The van der Waals surface area contributed by atoms with Crippen LogP contribution in [0.4, 0.5) is 17.1 Å². The van der Waals surface area contributed by atoms with Crippen molar-refractivity contribution < 1.29 is 15.1 Å². The van der Waals surface area contributed by atoms with Crippen LogP contribution in [0, 0.1) is 24.0 Å². The highest BCUT2D eigenvalue weighted by Crippen LogP contribution is 2.33. The number of nitrogens with zero attached hydrogens (tertiary/aromatic N) is 1.